The lowest BCUT2D eigenvalue weighted by Crippen LogP contribution is -2.38. The van der Waals surface area contributed by atoms with Crippen molar-refractivity contribution < 1.29 is 4.74 Å². The van der Waals surface area contributed by atoms with Crippen LogP contribution in [0.2, 0.25) is 5.02 Å². The molecule has 0 fully saturated rings. The second-order valence-corrected chi connectivity index (χ2v) is 5.71. The van der Waals surface area contributed by atoms with E-state index in [4.69, 9.17) is 16.3 Å². The van der Waals surface area contributed by atoms with Gasteiger partial charge in [0.05, 0.1) is 17.7 Å². The maximum Gasteiger partial charge on any atom is 0.0983 e. The van der Waals surface area contributed by atoms with E-state index in [-0.39, 0.29) is 12.1 Å². The zero-order valence-electron chi connectivity index (χ0n) is 12.1. The standard InChI is InChI=1S/C17H19ClN2O/c1-19-16(10-13-6-8-20-11-15(13)18)17-14-5-3-2-4-12(14)7-9-21-17/h2-6,8,11,16-17,19H,7,9-10H2,1H3. The van der Waals surface area contributed by atoms with Gasteiger partial charge in [0.25, 0.3) is 0 Å². The minimum Gasteiger partial charge on any atom is -0.372 e. The summed E-state index contributed by atoms with van der Waals surface area (Å²) in [7, 11) is 1.97. The fraction of sp³-hybridized carbons (Fsp3) is 0.353. The first-order valence-corrected chi connectivity index (χ1v) is 7.62. The average molecular weight is 303 g/mol. The zero-order chi connectivity index (χ0) is 14.7. The third-order valence-corrected chi connectivity index (χ3v) is 4.40. The van der Waals surface area contributed by atoms with Crippen LogP contribution in [0.3, 0.4) is 0 Å². The van der Waals surface area contributed by atoms with Gasteiger partial charge in [0.1, 0.15) is 0 Å². The Morgan fingerprint density at radius 1 is 1.38 bits per heavy atom. The van der Waals surface area contributed by atoms with E-state index in [1.54, 1.807) is 12.4 Å². The molecule has 1 aromatic carbocycles. The first-order valence-electron chi connectivity index (χ1n) is 7.24. The third kappa shape index (κ3) is 3.10. The summed E-state index contributed by atoms with van der Waals surface area (Å²) in [5, 5.41) is 4.09. The van der Waals surface area contributed by atoms with Crippen molar-refractivity contribution in [2.45, 2.75) is 25.0 Å². The number of pyridine rings is 1. The first-order chi connectivity index (χ1) is 10.3. The van der Waals surface area contributed by atoms with Crippen LogP contribution < -0.4 is 5.32 Å². The number of aromatic nitrogens is 1. The van der Waals surface area contributed by atoms with Gasteiger partial charge in [-0.25, -0.2) is 0 Å². The highest BCUT2D eigenvalue weighted by molar-refractivity contribution is 6.31. The van der Waals surface area contributed by atoms with Crippen LogP contribution in [-0.4, -0.2) is 24.7 Å². The number of ether oxygens (including phenoxy) is 1. The molecule has 4 heteroatoms. The molecule has 2 atom stereocenters. The van der Waals surface area contributed by atoms with E-state index in [2.05, 4.69) is 34.6 Å². The molecule has 1 N–H and O–H groups in total. The van der Waals surface area contributed by atoms with Crippen LogP contribution >= 0.6 is 11.6 Å². The van der Waals surface area contributed by atoms with Gasteiger partial charge >= 0.3 is 0 Å². The largest absolute Gasteiger partial charge is 0.372 e. The molecule has 110 valence electrons. The molecule has 0 amide bonds. The summed E-state index contributed by atoms with van der Waals surface area (Å²) in [4.78, 5) is 4.04. The molecule has 3 rings (SSSR count). The number of hydrogen-bond acceptors (Lipinski definition) is 3. The number of benzene rings is 1. The van der Waals surface area contributed by atoms with E-state index in [1.807, 2.05) is 13.1 Å². The normalized spacial score (nSPS) is 19.0. The number of rotatable bonds is 4. The number of likely N-dealkylation sites (N-methyl/N-ethyl adjacent to an activating group) is 1. The average Bonchev–Trinajstić information content (AvgIpc) is 2.54. The number of hydrogen-bond donors (Lipinski definition) is 1. The van der Waals surface area contributed by atoms with E-state index in [9.17, 15) is 0 Å². The molecule has 2 aromatic rings. The Balaban J connectivity index is 1.86. The summed E-state index contributed by atoms with van der Waals surface area (Å²) in [6.07, 6.45) is 5.34. The van der Waals surface area contributed by atoms with Gasteiger partial charge in [0.15, 0.2) is 0 Å². The molecule has 0 spiro atoms. The molecular weight excluding hydrogens is 284 g/mol. The monoisotopic (exact) mass is 302 g/mol. The lowest BCUT2D eigenvalue weighted by Gasteiger charge is -2.32. The van der Waals surface area contributed by atoms with Crippen molar-refractivity contribution >= 4 is 11.6 Å². The van der Waals surface area contributed by atoms with Crippen molar-refractivity contribution in [3.05, 3.63) is 64.4 Å². The van der Waals surface area contributed by atoms with Gasteiger partial charge in [-0.1, -0.05) is 35.9 Å². The summed E-state index contributed by atoms with van der Waals surface area (Å²) in [5.74, 6) is 0. The predicted molar refractivity (Wildman–Crippen MR) is 84.6 cm³/mol. The quantitative estimate of drug-likeness (QED) is 0.942. The van der Waals surface area contributed by atoms with Crippen molar-refractivity contribution in [1.82, 2.24) is 10.3 Å². The van der Waals surface area contributed by atoms with Crippen molar-refractivity contribution in [1.29, 1.82) is 0 Å². The number of halogens is 1. The molecule has 0 radical (unpaired) electrons. The minimum atomic E-state index is 0.0594. The Kier molecular flexibility index (Phi) is 4.54. The van der Waals surface area contributed by atoms with Crippen LogP contribution in [0.25, 0.3) is 0 Å². The van der Waals surface area contributed by atoms with E-state index >= 15 is 0 Å². The SMILES string of the molecule is CNC(Cc1ccncc1Cl)C1OCCc2ccccc21. The van der Waals surface area contributed by atoms with Gasteiger partial charge in [0, 0.05) is 18.4 Å². The third-order valence-electron chi connectivity index (χ3n) is 4.06. The zero-order valence-corrected chi connectivity index (χ0v) is 12.8. The van der Waals surface area contributed by atoms with Crippen molar-refractivity contribution in [2.75, 3.05) is 13.7 Å². The van der Waals surface area contributed by atoms with Gasteiger partial charge in [-0.3, -0.25) is 4.98 Å². The van der Waals surface area contributed by atoms with Gasteiger partial charge in [0.2, 0.25) is 0 Å². The Hall–Kier alpha value is -1.42. The van der Waals surface area contributed by atoms with Crippen LogP contribution in [0.4, 0.5) is 0 Å². The molecule has 0 aliphatic carbocycles. The van der Waals surface area contributed by atoms with Crippen molar-refractivity contribution in [3.63, 3.8) is 0 Å². The minimum absolute atomic E-state index is 0.0594. The molecule has 1 aromatic heterocycles. The number of fused-ring (bicyclic) bond motifs is 1. The smallest absolute Gasteiger partial charge is 0.0983 e. The fourth-order valence-corrected chi connectivity index (χ4v) is 3.12. The molecule has 0 saturated carbocycles. The fourth-order valence-electron chi connectivity index (χ4n) is 2.92. The molecule has 0 bridgehead atoms. The Morgan fingerprint density at radius 3 is 3.05 bits per heavy atom. The van der Waals surface area contributed by atoms with Gasteiger partial charge in [-0.05, 0) is 42.6 Å². The molecule has 0 saturated heterocycles. The predicted octanol–water partition coefficient (Wildman–Crippen LogP) is 3.18. The Bertz CT molecular complexity index is 617. The maximum absolute atomic E-state index is 6.23. The highest BCUT2D eigenvalue weighted by atomic mass is 35.5. The van der Waals surface area contributed by atoms with Crippen LogP contribution in [0.5, 0.6) is 0 Å². The van der Waals surface area contributed by atoms with Crippen LogP contribution in [0.15, 0.2) is 42.7 Å². The molecular formula is C17H19ClN2O. The summed E-state index contributed by atoms with van der Waals surface area (Å²) in [6, 6.07) is 10.7. The lowest BCUT2D eigenvalue weighted by molar-refractivity contribution is 0.0172. The number of nitrogens with one attached hydrogen (secondary N) is 1. The summed E-state index contributed by atoms with van der Waals surface area (Å²) in [6.45, 7) is 0.768. The first kappa shape index (κ1) is 14.5. The molecule has 2 unspecified atom stereocenters. The van der Waals surface area contributed by atoms with Crippen molar-refractivity contribution in [3.8, 4) is 0 Å². The highest BCUT2D eigenvalue weighted by Gasteiger charge is 2.28. The number of nitrogens with zero attached hydrogens (tertiary/aromatic N) is 1. The second-order valence-electron chi connectivity index (χ2n) is 5.31. The molecule has 1 aliphatic rings. The second kappa shape index (κ2) is 6.56. The summed E-state index contributed by atoms with van der Waals surface area (Å²) < 4.78 is 6.05. The van der Waals surface area contributed by atoms with E-state index < -0.39 is 0 Å². The molecule has 21 heavy (non-hydrogen) atoms. The van der Waals surface area contributed by atoms with E-state index in [0.29, 0.717) is 5.02 Å². The van der Waals surface area contributed by atoms with E-state index in [0.717, 1.165) is 25.0 Å². The van der Waals surface area contributed by atoms with Crippen molar-refractivity contribution in [2.24, 2.45) is 0 Å². The highest BCUT2D eigenvalue weighted by Crippen LogP contribution is 2.31. The maximum atomic E-state index is 6.23. The molecule has 2 heterocycles. The Labute approximate surface area is 130 Å². The van der Waals surface area contributed by atoms with Crippen LogP contribution in [0, 0.1) is 0 Å². The van der Waals surface area contributed by atoms with Gasteiger partial charge in [-0.2, -0.15) is 0 Å². The van der Waals surface area contributed by atoms with E-state index in [1.165, 1.54) is 11.1 Å². The van der Waals surface area contributed by atoms with Crippen LogP contribution in [-0.2, 0) is 17.6 Å². The van der Waals surface area contributed by atoms with Gasteiger partial charge < -0.3 is 10.1 Å². The summed E-state index contributed by atoms with van der Waals surface area (Å²) >= 11 is 6.23. The lowest BCUT2D eigenvalue weighted by atomic mass is 9.90. The van der Waals surface area contributed by atoms with Gasteiger partial charge in [-0.15, -0.1) is 0 Å². The summed E-state index contributed by atoms with van der Waals surface area (Å²) in [5.41, 5.74) is 3.76. The molecule has 3 nitrogen and oxygen atoms in total. The Morgan fingerprint density at radius 2 is 2.24 bits per heavy atom. The molecule has 1 aliphatic heterocycles. The van der Waals surface area contributed by atoms with Crippen LogP contribution in [0.1, 0.15) is 22.8 Å². The topological polar surface area (TPSA) is 34.2 Å².